The van der Waals surface area contributed by atoms with Gasteiger partial charge in [0.15, 0.2) is 11.5 Å². The van der Waals surface area contributed by atoms with E-state index in [9.17, 15) is 4.79 Å². The Hall–Kier alpha value is -2.23. The molecule has 2 aromatic carbocycles. The number of ether oxygens (including phenoxy) is 3. The molecule has 0 aromatic heterocycles. The van der Waals surface area contributed by atoms with Crippen molar-refractivity contribution in [1.29, 1.82) is 0 Å². The standard InChI is InChI=1S/C17H20O4/c1-5-11-7-8-12(17(18)21-6-2)14-10-16(20-4)15(19-3)9-13(11)14/h7-10H,5-6H2,1-4H3. The highest BCUT2D eigenvalue weighted by atomic mass is 16.5. The lowest BCUT2D eigenvalue weighted by Gasteiger charge is -2.14. The Labute approximate surface area is 124 Å². The first kappa shape index (κ1) is 15.2. The summed E-state index contributed by atoms with van der Waals surface area (Å²) in [6, 6.07) is 7.51. The summed E-state index contributed by atoms with van der Waals surface area (Å²) in [5.41, 5.74) is 1.70. The van der Waals surface area contributed by atoms with Crippen LogP contribution in [0, 0.1) is 0 Å². The second-order valence-electron chi connectivity index (χ2n) is 4.60. The van der Waals surface area contributed by atoms with E-state index < -0.39 is 0 Å². The molecule has 0 aliphatic carbocycles. The molecule has 0 heterocycles. The average molecular weight is 288 g/mol. The number of rotatable bonds is 5. The molecule has 0 fully saturated rings. The van der Waals surface area contributed by atoms with Crippen LogP contribution in [0.1, 0.15) is 29.8 Å². The van der Waals surface area contributed by atoms with E-state index in [0.717, 1.165) is 22.8 Å². The molecule has 21 heavy (non-hydrogen) atoms. The van der Waals surface area contributed by atoms with Crippen molar-refractivity contribution in [3.63, 3.8) is 0 Å². The summed E-state index contributed by atoms with van der Waals surface area (Å²) >= 11 is 0. The van der Waals surface area contributed by atoms with Gasteiger partial charge in [-0.25, -0.2) is 4.79 Å². The molecule has 2 aromatic rings. The Balaban J connectivity index is 2.75. The molecule has 4 heteroatoms. The van der Waals surface area contributed by atoms with Crippen molar-refractivity contribution in [2.45, 2.75) is 20.3 Å². The zero-order chi connectivity index (χ0) is 15.4. The van der Waals surface area contributed by atoms with E-state index in [4.69, 9.17) is 14.2 Å². The molecule has 0 aliphatic rings. The smallest absolute Gasteiger partial charge is 0.338 e. The van der Waals surface area contributed by atoms with E-state index in [1.54, 1.807) is 21.1 Å². The second-order valence-corrected chi connectivity index (χ2v) is 4.60. The maximum absolute atomic E-state index is 12.1. The van der Waals surface area contributed by atoms with E-state index in [1.807, 2.05) is 24.3 Å². The van der Waals surface area contributed by atoms with Crippen molar-refractivity contribution in [2.24, 2.45) is 0 Å². The molecule has 112 valence electrons. The number of benzene rings is 2. The third kappa shape index (κ3) is 2.79. The van der Waals surface area contributed by atoms with Crippen molar-refractivity contribution in [3.05, 3.63) is 35.4 Å². The third-order valence-electron chi connectivity index (χ3n) is 3.49. The van der Waals surface area contributed by atoms with Crippen LogP contribution >= 0.6 is 0 Å². The number of aryl methyl sites for hydroxylation is 1. The minimum Gasteiger partial charge on any atom is -0.493 e. The van der Waals surface area contributed by atoms with E-state index in [-0.39, 0.29) is 5.97 Å². The lowest BCUT2D eigenvalue weighted by atomic mass is 9.97. The van der Waals surface area contributed by atoms with Gasteiger partial charge in [0.05, 0.1) is 26.4 Å². The fourth-order valence-electron chi connectivity index (χ4n) is 2.43. The Bertz CT molecular complexity index is 661. The summed E-state index contributed by atoms with van der Waals surface area (Å²) in [6.45, 7) is 4.22. The van der Waals surface area contributed by atoms with Crippen LogP contribution in [-0.4, -0.2) is 26.8 Å². The minimum atomic E-state index is -0.322. The van der Waals surface area contributed by atoms with E-state index >= 15 is 0 Å². The highest BCUT2D eigenvalue weighted by molar-refractivity contribution is 6.06. The summed E-state index contributed by atoms with van der Waals surface area (Å²) in [7, 11) is 3.18. The van der Waals surface area contributed by atoms with Gasteiger partial charge in [0.1, 0.15) is 0 Å². The van der Waals surface area contributed by atoms with Crippen molar-refractivity contribution >= 4 is 16.7 Å². The molecule has 2 rings (SSSR count). The first-order valence-electron chi connectivity index (χ1n) is 7.00. The molecule has 0 amide bonds. The monoisotopic (exact) mass is 288 g/mol. The SMILES string of the molecule is CCOC(=O)c1ccc(CC)c2cc(OC)c(OC)cc12. The largest absolute Gasteiger partial charge is 0.493 e. The lowest BCUT2D eigenvalue weighted by Crippen LogP contribution is -2.06. The first-order chi connectivity index (χ1) is 10.2. The molecule has 0 saturated carbocycles. The van der Waals surface area contributed by atoms with Gasteiger partial charge in [-0.3, -0.25) is 0 Å². The van der Waals surface area contributed by atoms with Gasteiger partial charge in [0.2, 0.25) is 0 Å². The van der Waals surface area contributed by atoms with Crippen molar-refractivity contribution in [2.75, 3.05) is 20.8 Å². The lowest BCUT2D eigenvalue weighted by molar-refractivity contribution is 0.0528. The highest BCUT2D eigenvalue weighted by Gasteiger charge is 2.16. The predicted octanol–water partition coefficient (Wildman–Crippen LogP) is 3.60. The zero-order valence-electron chi connectivity index (χ0n) is 12.9. The second kappa shape index (κ2) is 6.48. The molecule has 0 saturated heterocycles. The summed E-state index contributed by atoms with van der Waals surface area (Å²) in [6.07, 6.45) is 0.870. The first-order valence-corrected chi connectivity index (χ1v) is 7.00. The Morgan fingerprint density at radius 3 is 2.14 bits per heavy atom. The topological polar surface area (TPSA) is 44.8 Å². The van der Waals surface area contributed by atoms with Crippen LogP contribution in [0.25, 0.3) is 10.8 Å². The van der Waals surface area contributed by atoms with Crippen LogP contribution in [0.5, 0.6) is 11.5 Å². The fourth-order valence-corrected chi connectivity index (χ4v) is 2.43. The summed E-state index contributed by atoms with van der Waals surface area (Å²) in [4.78, 5) is 12.1. The van der Waals surface area contributed by atoms with Gasteiger partial charge in [-0.05, 0) is 42.5 Å². The normalized spacial score (nSPS) is 10.5. The Morgan fingerprint density at radius 1 is 1.00 bits per heavy atom. The third-order valence-corrected chi connectivity index (χ3v) is 3.49. The van der Waals surface area contributed by atoms with Crippen LogP contribution < -0.4 is 9.47 Å². The fraction of sp³-hybridized carbons (Fsp3) is 0.353. The number of fused-ring (bicyclic) bond motifs is 1. The minimum absolute atomic E-state index is 0.322. The number of carbonyl (C=O) groups is 1. The molecule has 0 radical (unpaired) electrons. The maximum Gasteiger partial charge on any atom is 0.338 e. The van der Waals surface area contributed by atoms with Crippen molar-refractivity contribution in [1.82, 2.24) is 0 Å². The van der Waals surface area contributed by atoms with Gasteiger partial charge < -0.3 is 14.2 Å². The number of hydrogen-bond donors (Lipinski definition) is 0. The molecular weight excluding hydrogens is 268 g/mol. The number of carbonyl (C=O) groups excluding carboxylic acids is 1. The van der Waals surface area contributed by atoms with Gasteiger partial charge in [0, 0.05) is 5.39 Å². The van der Waals surface area contributed by atoms with Gasteiger partial charge >= 0.3 is 5.97 Å². The number of esters is 1. The molecule has 0 spiro atoms. The highest BCUT2D eigenvalue weighted by Crippen LogP contribution is 2.35. The van der Waals surface area contributed by atoms with Crippen molar-refractivity contribution < 1.29 is 19.0 Å². The molecule has 0 aliphatic heterocycles. The van der Waals surface area contributed by atoms with Gasteiger partial charge in [-0.1, -0.05) is 13.0 Å². The number of hydrogen-bond acceptors (Lipinski definition) is 4. The zero-order valence-corrected chi connectivity index (χ0v) is 12.9. The molecule has 0 unspecified atom stereocenters. The van der Waals surface area contributed by atoms with Crippen LogP contribution in [0.15, 0.2) is 24.3 Å². The van der Waals surface area contributed by atoms with Crippen LogP contribution in [0.3, 0.4) is 0 Å². The summed E-state index contributed by atoms with van der Waals surface area (Å²) in [5, 5.41) is 1.81. The van der Waals surface area contributed by atoms with Gasteiger partial charge in [-0.15, -0.1) is 0 Å². The summed E-state index contributed by atoms with van der Waals surface area (Å²) in [5.74, 6) is 0.932. The number of methoxy groups -OCH3 is 2. The van der Waals surface area contributed by atoms with Gasteiger partial charge in [-0.2, -0.15) is 0 Å². The molecule has 0 atom stereocenters. The van der Waals surface area contributed by atoms with E-state index in [2.05, 4.69) is 6.92 Å². The van der Waals surface area contributed by atoms with Crippen LogP contribution in [0.4, 0.5) is 0 Å². The molecule has 0 bridgehead atoms. The summed E-state index contributed by atoms with van der Waals surface area (Å²) < 4.78 is 15.8. The average Bonchev–Trinajstić information content (AvgIpc) is 2.52. The quantitative estimate of drug-likeness (QED) is 0.789. The van der Waals surface area contributed by atoms with E-state index in [0.29, 0.717) is 23.7 Å². The predicted molar refractivity (Wildman–Crippen MR) is 82.4 cm³/mol. The van der Waals surface area contributed by atoms with Crippen LogP contribution in [-0.2, 0) is 11.2 Å². The Kier molecular flexibility index (Phi) is 4.68. The van der Waals surface area contributed by atoms with E-state index in [1.165, 1.54) is 0 Å². The van der Waals surface area contributed by atoms with Crippen LogP contribution in [0.2, 0.25) is 0 Å². The maximum atomic E-state index is 12.1. The Morgan fingerprint density at radius 2 is 1.62 bits per heavy atom. The van der Waals surface area contributed by atoms with Crippen molar-refractivity contribution in [3.8, 4) is 11.5 Å². The molecule has 0 N–H and O–H groups in total. The van der Waals surface area contributed by atoms with Gasteiger partial charge in [0.25, 0.3) is 0 Å². The molecule has 4 nitrogen and oxygen atoms in total. The molecular formula is C17H20O4.